The molecule has 1 heterocycles. The van der Waals surface area contributed by atoms with Crippen molar-refractivity contribution in [2.45, 2.75) is 43.1 Å². The molecule has 2 rings (SSSR count). The number of rotatable bonds is 4. The first kappa shape index (κ1) is 11.5. The second-order valence-electron chi connectivity index (χ2n) is 3.74. The fourth-order valence-corrected chi connectivity index (χ4v) is 2.87. The summed E-state index contributed by atoms with van der Waals surface area (Å²) in [4.78, 5) is 15.5. The molecule has 0 aromatic carbocycles. The van der Waals surface area contributed by atoms with Gasteiger partial charge in [0.1, 0.15) is 6.26 Å². The number of nitrogens with zero attached hydrogens (tertiary/aromatic N) is 1. The highest BCUT2D eigenvalue weighted by atomic mass is 32.2. The zero-order valence-electron chi connectivity index (χ0n) is 9.27. The number of hydrogen-bond acceptors (Lipinski definition) is 5. The van der Waals surface area contributed by atoms with Crippen molar-refractivity contribution in [1.29, 1.82) is 0 Å². The first-order valence-electron chi connectivity index (χ1n) is 5.59. The van der Waals surface area contributed by atoms with E-state index in [1.54, 1.807) is 18.7 Å². The quantitative estimate of drug-likeness (QED) is 0.759. The summed E-state index contributed by atoms with van der Waals surface area (Å²) >= 11 is 1.62. The van der Waals surface area contributed by atoms with E-state index in [9.17, 15) is 4.79 Å². The van der Waals surface area contributed by atoms with Crippen LogP contribution in [0.3, 0.4) is 0 Å². The molecule has 0 saturated heterocycles. The topological polar surface area (TPSA) is 52.3 Å². The molecule has 88 valence electrons. The van der Waals surface area contributed by atoms with E-state index in [2.05, 4.69) is 4.98 Å². The number of oxazole rings is 1. The Bertz CT molecular complexity index is 358. The van der Waals surface area contributed by atoms with Crippen LogP contribution >= 0.6 is 11.8 Å². The lowest BCUT2D eigenvalue weighted by molar-refractivity contribution is 0.0519. The first-order chi connectivity index (χ1) is 7.79. The predicted octanol–water partition coefficient (Wildman–Crippen LogP) is 2.89. The van der Waals surface area contributed by atoms with Crippen molar-refractivity contribution in [1.82, 2.24) is 4.98 Å². The lowest BCUT2D eigenvalue weighted by Crippen LogP contribution is -2.04. The summed E-state index contributed by atoms with van der Waals surface area (Å²) in [6.07, 6.45) is 6.35. The molecular weight excluding hydrogens is 226 g/mol. The monoisotopic (exact) mass is 241 g/mol. The molecule has 1 saturated carbocycles. The van der Waals surface area contributed by atoms with Crippen molar-refractivity contribution in [3.63, 3.8) is 0 Å². The van der Waals surface area contributed by atoms with E-state index in [1.807, 2.05) is 0 Å². The number of ether oxygens (including phenoxy) is 1. The third-order valence-electron chi connectivity index (χ3n) is 2.54. The Kier molecular flexibility index (Phi) is 3.88. The van der Waals surface area contributed by atoms with E-state index >= 15 is 0 Å². The van der Waals surface area contributed by atoms with Crippen LogP contribution in [0.1, 0.15) is 43.1 Å². The van der Waals surface area contributed by atoms with Crippen LogP contribution in [-0.2, 0) is 4.74 Å². The largest absolute Gasteiger partial charge is 0.461 e. The van der Waals surface area contributed by atoms with Crippen LogP contribution in [0.2, 0.25) is 0 Å². The van der Waals surface area contributed by atoms with Gasteiger partial charge in [0.15, 0.2) is 5.69 Å². The fraction of sp³-hybridized carbons (Fsp3) is 0.636. The Labute approximate surface area is 98.8 Å². The third kappa shape index (κ3) is 2.78. The van der Waals surface area contributed by atoms with E-state index in [1.165, 1.54) is 31.9 Å². The van der Waals surface area contributed by atoms with Gasteiger partial charge in [0.25, 0.3) is 5.22 Å². The zero-order valence-corrected chi connectivity index (χ0v) is 10.1. The van der Waals surface area contributed by atoms with E-state index in [-0.39, 0.29) is 5.69 Å². The molecule has 0 unspecified atom stereocenters. The minimum absolute atomic E-state index is 0.266. The van der Waals surface area contributed by atoms with Crippen LogP contribution in [0.4, 0.5) is 0 Å². The molecule has 0 N–H and O–H groups in total. The van der Waals surface area contributed by atoms with Crippen molar-refractivity contribution in [3.8, 4) is 0 Å². The molecular formula is C11H15NO3S. The molecule has 0 radical (unpaired) electrons. The second-order valence-corrected chi connectivity index (χ2v) is 5.00. The van der Waals surface area contributed by atoms with Gasteiger partial charge in [0, 0.05) is 5.25 Å². The Hall–Kier alpha value is -0.970. The van der Waals surface area contributed by atoms with E-state index in [0.29, 0.717) is 17.1 Å². The van der Waals surface area contributed by atoms with Crippen molar-refractivity contribution in [2.24, 2.45) is 0 Å². The maximum absolute atomic E-state index is 11.3. The standard InChI is InChI=1S/C11H15NO3S/c1-2-14-10(13)9-7-15-11(12-9)16-8-5-3-4-6-8/h7-8H,2-6H2,1H3. The molecule has 1 aliphatic carbocycles. The van der Waals surface area contributed by atoms with Gasteiger partial charge >= 0.3 is 5.97 Å². The maximum atomic E-state index is 11.3. The predicted molar refractivity (Wildman–Crippen MR) is 60.6 cm³/mol. The molecule has 0 atom stereocenters. The average molecular weight is 241 g/mol. The zero-order chi connectivity index (χ0) is 11.4. The molecule has 0 spiro atoms. The Balaban J connectivity index is 1.93. The van der Waals surface area contributed by atoms with Gasteiger partial charge in [-0.2, -0.15) is 4.98 Å². The number of esters is 1. The van der Waals surface area contributed by atoms with Gasteiger partial charge in [-0.15, -0.1) is 0 Å². The summed E-state index contributed by atoms with van der Waals surface area (Å²) in [7, 11) is 0. The highest BCUT2D eigenvalue weighted by Gasteiger charge is 2.20. The van der Waals surface area contributed by atoms with Crippen LogP contribution in [0, 0.1) is 0 Å². The summed E-state index contributed by atoms with van der Waals surface area (Å²) in [5.41, 5.74) is 0.266. The summed E-state index contributed by atoms with van der Waals surface area (Å²) in [6.45, 7) is 2.13. The van der Waals surface area contributed by atoms with Gasteiger partial charge in [-0.05, 0) is 19.8 Å². The second kappa shape index (κ2) is 5.39. The molecule has 0 amide bonds. The average Bonchev–Trinajstić information content (AvgIpc) is 2.90. The van der Waals surface area contributed by atoms with Gasteiger partial charge in [-0.3, -0.25) is 0 Å². The van der Waals surface area contributed by atoms with Crippen molar-refractivity contribution in [2.75, 3.05) is 6.61 Å². The Morgan fingerprint density at radius 3 is 3.06 bits per heavy atom. The van der Waals surface area contributed by atoms with Gasteiger partial charge in [0.05, 0.1) is 6.61 Å². The van der Waals surface area contributed by atoms with Crippen molar-refractivity contribution >= 4 is 17.7 Å². The summed E-state index contributed by atoms with van der Waals surface area (Å²) in [5.74, 6) is -0.412. The molecule has 0 bridgehead atoms. The number of carbonyl (C=O) groups excluding carboxylic acids is 1. The Morgan fingerprint density at radius 1 is 1.62 bits per heavy atom. The first-order valence-corrected chi connectivity index (χ1v) is 6.47. The smallest absolute Gasteiger partial charge is 0.360 e. The van der Waals surface area contributed by atoms with Crippen LogP contribution in [0.15, 0.2) is 15.9 Å². The summed E-state index contributed by atoms with van der Waals surface area (Å²) < 4.78 is 10.1. The lowest BCUT2D eigenvalue weighted by atomic mass is 10.4. The van der Waals surface area contributed by atoms with Gasteiger partial charge in [0.2, 0.25) is 0 Å². The molecule has 1 aliphatic rings. The van der Waals surface area contributed by atoms with E-state index < -0.39 is 5.97 Å². The van der Waals surface area contributed by atoms with Gasteiger partial charge < -0.3 is 9.15 Å². The van der Waals surface area contributed by atoms with Gasteiger partial charge in [-0.1, -0.05) is 24.6 Å². The number of thioether (sulfide) groups is 1. The lowest BCUT2D eigenvalue weighted by Gasteiger charge is -2.02. The highest BCUT2D eigenvalue weighted by Crippen LogP contribution is 2.34. The Morgan fingerprint density at radius 2 is 2.38 bits per heavy atom. The van der Waals surface area contributed by atoms with E-state index in [0.717, 1.165) is 0 Å². The maximum Gasteiger partial charge on any atom is 0.360 e. The summed E-state index contributed by atoms with van der Waals surface area (Å²) in [6, 6.07) is 0. The van der Waals surface area contributed by atoms with Crippen LogP contribution in [-0.4, -0.2) is 22.8 Å². The van der Waals surface area contributed by atoms with Crippen molar-refractivity contribution in [3.05, 3.63) is 12.0 Å². The minimum Gasteiger partial charge on any atom is -0.461 e. The van der Waals surface area contributed by atoms with E-state index in [4.69, 9.17) is 9.15 Å². The molecule has 1 fully saturated rings. The van der Waals surface area contributed by atoms with Gasteiger partial charge in [-0.25, -0.2) is 4.79 Å². The molecule has 4 nitrogen and oxygen atoms in total. The summed E-state index contributed by atoms with van der Waals surface area (Å²) in [5, 5.41) is 1.17. The molecule has 1 aromatic rings. The molecule has 0 aliphatic heterocycles. The number of hydrogen-bond donors (Lipinski definition) is 0. The number of carbonyl (C=O) groups is 1. The molecule has 1 aromatic heterocycles. The minimum atomic E-state index is -0.412. The van der Waals surface area contributed by atoms with Crippen LogP contribution in [0.5, 0.6) is 0 Å². The molecule has 5 heteroatoms. The number of aromatic nitrogens is 1. The van der Waals surface area contributed by atoms with Crippen LogP contribution < -0.4 is 0 Å². The normalized spacial score (nSPS) is 16.6. The fourth-order valence-electron chi connectivity index (χ4n) is 1.76. The SMILES string of the molecule is CCOC(=O)c1coc(SC2CCCC2)n1. The van der Waals surface area contributed by atoms with Crippen LogP contribution in [0.25, 0.3) is 0 Å². The third-order valence-corrected chi connectivity index (χ3v) is 3.73. The van der Waals surface area contributed by atoms with Crippen molar-refractivity contribution < 1.29 is 13.9 Å². The highest BCUT2D eigenvalue weighted by molar-refractivity contribution is 7.99. The molecule has 16 heavy (non-hydrogen) atoms.